The third kappa shape index (κ3) is 5.66. The number of aromatic amines is 1. The quantitative estimate of drug-likeness (QED) is 0.262. The number of hydroxylamine groups is 1. The molecule has 6 nitrogen and oxygen atoms in total. The molecule has 2 heterocycles. The van der Waals surface area contributed by atoms with Gasteiger partial charge in [-0.3, -0.25) is 19.7 Å². The van der Waals surface area contributed by atoms with Crippen LogP contribution in [0.4, 0.5) is 0 Å². The molecule has 0 spiro atoms. The summed E-state index contributed by atoms with van der Waals surface area (Å²) in [4.78, 5) is 24.3. The zero-order chi connectivity index (χ0) is 23.9. The summed E-state index contributed by atoms with van der Waals surface area (Å²) in [6.07, 6.45) is 5.65. The van der Waals surface area contributed by atoms with E-state index in [1.54, 1.807) is 12.3 Å². The second kappa shape index (κ2) is 10.8. The molecule has 0 aliphatic rings. The minimum atomic E-state index is -0.284. The van der Waals surface area contributed by atoms with Gasteiger partial charge in [-0.25, -0.2) is 5.48 Å². The summed E-state index contributed by atoms with van der Waals surface area (Å²) >= 11 is 1.51. The molecule has 0 unspecified atom stereocenters. The summed E-state index contributed by atoms with van der Waals surface area (Å²) < 4.78 is 0. The van der Waals surface area contributed by atoms with Crippen molar-refractivity contribution in [3.8, 4) is 0 Å². The smallest absolute Gasteiger partial charge is 0.275 e. The number of fused-ring (bicyclic) bond motifs is 1. The molecule has 0 aliphatic heterocycles. The number of carbonyl (C=O) groups excluding carboxylic acids is 1. The van der Waals surface area contributed by atoms with Gasteiger partial charge in [-0.1, -0.05) is 60.3 Å². The summed E-state index contributed by atoms with van der Waals surface area (Å²) in [5, 5.41) is 8.55. The molecule has 2 N–H and O–H groups in total. The first-order chi connectivity index (χ1) is 17.3. The van der Waals surface area contributed by atoms with Crippen molar-refractivity contribution in [2.24, 2.45) is 0 Å². The second-order valence-electron chi connectivity index (χ2n) is 7.71. The van der Waals surface area contributed by atoms with E-state index in [0.29, 0.717) is 12.2 Å². The van der Waals surface area contributed by atoms with Crippen molar-refractivity contribution in [2.45, 2.75) is 16.4 Å². The maximum absolute atomic E-state index is 12.8. The molecule has 5 aromatic rings. The van der Waals surface area contributed by atoms with E-state index in [4.69, 9.17) is 4.84 Å². The number of amides is 1. The van der Waals surface area contributed by atoms with Crippen LogP contribution in [0.3, 0.4) is 0 Å². The van der Waals surface area contributed by atoms with Crippen LogP contribution in [0.5, 0.6) is 0 Å². The Kier molecular flexibility index (Phi) is 6.98. The zero-order valence-electron chi connectivity index (χ0n) is 18.7. The Morgan fingerprint density at radius 3 is 2.63 bits per heavy atom. The van der Waals surface area contributed by atoms with Gasteiger partial charge in [0.1, 0.15) is 0 Å². The first kappa shape index (κ1) is 22.6. The Morgan fingerprint density at radius 2 is 1.77 bits per heavy atom. The fraction of sp³-hybridized carbons (Fsp3) is 0.0357. The second-order valence-corrected chi connectivity index (χ2v) is 8.82. The molecule has 1 amide bonds. The van der Waals surface area contributed by atoms with Gasteiger partial charge < -0.3 is 0 Å². The van der Waals surface area contributed by atoms with Crippen LogP contribution in [0.2, 0.25) is 0 Å². The van der Waals surface area contributed by atoms with E-state index in [1.807, 2.05) is 97.1 Å². The highest BCUT2D eigenvalue weighted by atomic mass is 32.2. The zero-order valence-corrected chi connectivity index (χ0v) is 19.5. The van der Waals surface area contributed by atoms with Crippen LogP contribution in [0.15, 0.2) is 107 Å². The van der Waals surface area contributed by atoms with E-state index in [1.165, 1.54) is 11.8 Å². The summed E-state index contributed by atoms with van der Waals surface area (Å²) in [6, 6.07) is 29.1. The van der Waals surface area contributed by atoms with Crippen LogP contribution >= 0.6 is 11.8 Å². The number of carbonyl (C=O) groups is 1. The maximum Gasteiger partial charge on any atom is 0.275 e. The van der Waals surface area contributed by atoms with Crippen LogP contribution in [-0.2, 0) is 11.4 Å². The minimum Gasteiger partial charge on any atom is -0.277 e. The molecule has 0 radical (unpaired) electrons. The summed E-state index contributed by atoms with van der Waals surface area (Å²) in [6.45, 7) is 0.301. The fourth-order valence-corrected chi connectivity index (χ4v) is 4.52. The summed E-state index contributed by atoms with van der Waals surface area (Å²) in [5.41, 5.74) is 6.73. The van der Waals surface area contributed by atoms with E-state index in [9.17, 15) is 4.79 Å². The van der Waals surface area contributed by atoms with E-state index in [2.05, 4.69) is 20.7 Å². The Hall–Kier alpha value is -4.20. The Labute approximate surface area is 207 Å². The number of hydrogen-bond acceptors (Lipinski definition) is 5. The molecule has 35 heavy (non-hydrogen) atoms. The van der Waals surface area contributed by atoms with Crippen molar-refractivity contribution < 1.29 is 9.63 Å². The number of benzene rings is 3. The van der Waals surface area contributed by atoms with Crippen LogP contribution in [0.25, 0.3) is 23.1 Å². The lowest BCUT2D eigenvalue weighted by Crippen LogP contribution is -2.24. The highest BCUT2D eigenvalue weighted by Gasteiger charge is 2.13. The van der Waals surface area contributed by atoms with E-state index < -0.39 is 0 Å². The Balaban J connectivity index is 1.28. The molecule has 5 rings (SSSR count). The van der Waals surface area contributed by atoms with Gasteiger partial charge in [0.2, 0.25) is 0 Å². The lowest BCUT2D eigenvalue weighted by atomic mass is 10.2. The maximum atomic E-state index is 12.8. The molecule has 2 aromatic heterocycles. The van der Waals surface area contributed by atoms with Gasteiger partial charge in [0.05, 0.1) is 29.1 Å². The highest BCUT2D eigenvalue weighted by Crippen LogP contribution is 2.33. The molecule has 3 aromatic carbocycles. The predicted octanol–water partition coefficient (Wildman–Crippen LogP) is 6.14. The van der Waals surface area contributed by atoms with Crippen LogP contribution < -0.4 is 5.48 Å². The number of hydrogen-bond donors (Lipinski definition) is 2. The Bertz CT molecular complexity index is 1470. The molecule has 0 bridgehead atoms. The largest absolute Gasteiger partial charge is 0.277 e. The van der Waals surface area contributed by atoms with Crippen molar-refractivity contribution >= 4 is 40.7 Å². The molecule has 0 aliphatic carbocycles. The van der Waals surface area contributed by atoms with Gasteiger partial charge in [0, 0.05) is 21.4 Å². The first-order valence-corrected chi connectivity index (χ1v) is 11.9. The molecule has 172 valence electrons. The van der Waals surface area contributed by atoms with Crippen LogP contribution in [0, 0.1) is 0 Å². The van der Waals surface area contributed by atoms with Gasteiger partial charge in [0.15, 0.2) is 0 Å². The average molecular weight is 479 g/mol. The van der Waals surface area contributed by atoms with Gasteiger partial charge in [-0.05, 0) is 60.2 Å². The van der Waals surface area contributed by atoms with Gasteiger partial charge >= 0.3 is 0 Å². The lowest BCUT2D eigenvalue weighted by Gasteiger charge is -2.10. The normalized spacial score (nSPS) is 11.2. The van der Waals surface area contributed by atoms with Crippen molar-refractivity contribution in [3.05, 3.63) is 120 Å². The molecule has 0 saturated heterocycles. The standard InChI is InChI=1S/C28H22N4O2S/c33-28(32-34-19-20-8-2-1-3-9-20)24-11-4-5-12-27(24)35-22-14-15-23-25(30-31-26(23)18-22)16-13-21-10-6-7-17-29-21/h1-18H,19H2,(H,30,31)(H,32,33)/b16-13+. The van der Waals surface area contributed by atoms with Crippen molar-refractivity contribution in [1.29, 1.82) is 0 Å². The van der Waals surface area contributed by atoms with E-state index in [0.717, 1.165) is 37.6 Å². The van der Waals surface area contributed by atoms with Crippen LogP contribution in [-0.4, -0.2) is 21.1 Å². The van der Waals surface area contributed by atoms with E-state index >= 15 is 0 Å². The number of rotatable bonds is 8. The first-order valence-electron chi connectivity index (χ1n) is 11.1. The number of nitrogens with zero attached hydrogens (tertiary/aromatic N) is 2. The average Bonchev–Trinajstić information content (AvgIpc) is 3.31. The molecule has 0 saturated carbocycles. The Morgan fingerprint density at radius 1 is 0.943 bits per heavy atom. The van der Waals surface area contributed by atoms with Gasteiger partial charge in [-0.15, -0.1) is 0 Å². The third-order valence-corrected chi connectivity index (χ3v) is 6.34. The van der Waals surface area contributed by atoms with Crippen LogP contribution in [0.1, 0.15) is 27.3 Å². The van der Waals surface area contributed by atoms with Gasteiger partial charge in [0.25, 0.3) is 5.91 Å². The topological polar surface area (TPSA) is 79.9 Å². The van der Waals surface area contributed by atoms with Crippen molar-refractivity contribution in [2.75, 3.05) is 0 Å². The number of nitrogens with one attached hydrogen (secondary N) is 2. The number of H-pyrrole nitrogens is 1. The predicted molar refractivity (Wildman–Crippen MR) is 139 cm³/mol. The fourth-order valence-electron chi connectivity index (χ4n) is 3.53. The molecular weight excluding hydrogens is 456 g/mol. The van der Waals surface area contributed by atoms with Gasteiger partial charge in [-0.2, -0.15) is 5.10 Å². The monoisotopic (exact) mass is 478 g/mol. The molecular formula is C28H22N4O2S. The SMILES string of the molecule is O=C(NOCc1ccccc1)c1ccccc1Sc1ccc2c(/C=C/c3ccccn3)n[nH]c2c1. The third-order valence-electron chi connectivity index (χ3n) is 5.27. The van der Waals surface area contributed by atoms with Crippen molar-refractivity contribution in [3.63, 3.8) is 0 Å². The van der Waals surface area contributed by atoms with Crippen molar-refractivity contribution in [1.82, 2.24) is 20.7 Å². The molecule has 0 fully saturated rings. The minimum absolute atomic E-state index is 0.284. The highest BCUT2D eigenvalue weighted by molar-refractivity contribution is 7.99. The molecule has 7 heteroatoms. The molecule has 0 atom stereocenters. The number of aromatic nitrogens is 3. The summed E-state index contributed by atoms with van der Waals surface area (Å²) in [5.74, 6) is -0.284. The summed E-state index contributed by atoms with van der Waals surface area (Å²) in [7, 11) is 0. The van der Waals surface area contributed by atoms with E-state index in [-0.39, 0.29) is 5.91 Å². The lowest BCUT2D eigenvalue weighted by molar-refractivity contribution is 0.0231. The number of pyridine rings is 1.